The highest BCUT2D eigenvalue weighted by atomic mass is 32.2. The third kappa shape index (κ3) is 5.97. The number of sulfone groups is 1. The minimum Gasteiger partial charge on any atom is -0.339 e. The fraction of sp³-hybridized carbons (Fsp3) is 0.240. The SMILES string of the molecule is NS(=O)(=O)c1cc(S(=O)(=O)c2ccccc2)cc(C2CCN(C(=O)c3cc(F)cc(F)c3)CC2)c1C(F)(F)F. The molecule has 0 spiro atoms. The van der Waals surface area contributed by atoms with Crippen molar-refractivity contribution >= 4 is 25.8 Å². The monoisotopic (exact) mass is 588 g/mol. The zero-order chi connectivity index (χ0) is 28.8. The summed E-state index contributed by atoms with van der Waals surface area (Å²) in [5.74, 6) is -3.71. The van der Waals surface area contributed by atoms with E-state index in [9.17, 15) is 43.6 Å². The van der Waals surface area contributed by atoms with E-state index in [-0.39, 0.29) is 36.4 Å². The Kier molecular flexibility index (Phi) is 7.58. The van der Waals surface area contributed by atoms with Crippen LogP contribution in [0, 0.1) is 11.6 Å². The molecule has 1 aliphatic heterocycles. The van der Waals surface area contributed by atoms with Gasteiger partial charge < -0.3 is 4.90 Å². The topological polar surface area (TPSA) is 115 Å². The molecule has 1 aliphatic rings. The van der Waals surface area contributed by atoms with Crippen LogP contribution >= 0.6 is 0 Å². The summed E-state index contributed by atoms with van der Waals surface area (Å²) in [6, 6.07) is 10.2. The Labute approximate surface area is 221 Å². The number of amides is 1. The van der Waals surface area contributed by atoms with Gasteiger partial charge in [-0.3, -0.25) is 4.79 Å². The number of alkyl halides is 3. The molecule has 0 atom stereocenters. The maximum Gasteiger partial charge on any atom is 0.417 e. The normalized spacial score (nSPS) is 15.4. The molecule has 3 aromatic carbocycles. The highest BCUT2D eigenvalue weighted by molar-refractivity contribution is 7.91. The maximum atomic E-state index is 14.2. The van der Waals surface area contributed by atoms with E-state index in [1.807, 2.05) is 0 Å². The van der Waals surface area contributed by atoms with Gasteiger partial charge in [-0.1, -0.05) is 18.2 Å². The van der Waals surface area contributed by atoms with Crippen LogP contribution in [0.1, 0.15) is 40.2 Å². The summed E-state index contributed by atoms with van der Waals surface area (Å²) in [5, 5.41) is 5.12. The molecule has 4 rings (SSSR count). The average molecular weight is 589 g/mol. The predicted molar refractivity (Wildman–Crippen MR) is 129 cm³/mol. The minimum absolute atomic E-state index is 0.120. The van der Waals surface area contributed by atoms with Crippen molar-refractivity contribution in [2.24, 2.45) is 5.14 Å². The molecule has 0 bridgehead atoms. The molecule has 1 fully saturated rings. The van der Waals surface area contributed by atoms with Crippen molar-refractivity contribution in [1.82, 2.24) is 4.90 Å². The Morgan fingerprint density at radius 3 is 1.92 bits per heavy atom. The molecule has 0 radical (unpaired) electrons. The van der Waals surface area contributed by atoms with Crippen LogP contribution in [0.3, 0.4) is 0 Å². The maximum absolute atomic E-state index is 14.2. The molecular formula is C25H21F5N2O5S2. The summed E-state index contributed by atoms with van der Waals surface area (Å²) < 4.78 is 121. The molecule has 0 aromatic heterocycles. The summed E-state index contributed by atoms with van der Waals surface area (Å²) >= 11 is 0. The van der Waals surface area contributed by atoms with Crippen LogP contribution in [-0.4, -0.2) is 40.7 Å². The van der Waals surface area contributed by atoms with Crippen molar-refractivity contribution in [3.63, 3.8) is 0 Å². The van der Waals surface area contributed by atoms with Crippen LogP contribution in [-0.2, 0) is 26.0 Å². The third-order valence-electron chi connectivity index (χ3n) is 6.39. The fourth-order valence-electron chi connectivity index (χ4n) is 4.60. The smallest absolute Gasteiger partial charge is 0.339 e. The van der Waals surface area contributed by atoms with Crippen LogP contribution in [0.2, 0.25) is 0 Å². The summed E-state index contributed by atoms with van der Waals surface area (Å²) in [6.45, 7) is -0.279. The number of halogens is 5. The van der Waals surface area contributed by atoms with Crippen molar-refractivity contribution in [2.45, 2.75) is 39.6 Å². The molecule has 1 amide bonds. The standard InChI is InChI=1S/C25H21F5N2O5S2/c26-17-10-16(11-18(27)12-17)24(33)32-8-6-15(7-9-32)21-13-20(38(34,35)19-4-2-1-3-5-19)14-22(39(31,36)37)23(21)25(28,29)30/h1-5,10-15H,6-9H2,(H2,31,36,37). The second-order valence-corrected chi connectivity index (χ2v) is 12.4. The minimum atomic E-state index is -5.21. The van der Waals surface area contributed by atoms with Gasteiger partial charge >= 0.3 is 6.18 Å². The van der Waals surface area contributed by atoms with E-state index in [0.717, 1.165) is 18.2 Å². The lowest BCUT2D eigenvalue weighted by molar-refractivity contribution is -0.140. The Balaban J connectivity index is 1.77. The number of hydrogen-bond donors (Lipinski definition) is 1. The van der Waals surface area contributed by atoms with Crippen molar-refractivity contribution in [2.75, 3.05) is 13.1 Å². The first-order valence-corrected chi connectivity index (χ1v) is 14.5. The number of rotatable bonds is 5. The average Bonchev–Trinajstić information content (AvgIpc) is 2.86. The van der Waals surface area contributed by atoms with Gasteiger partial charge in [0.25, 0.3) is 5.91 Å². The Morgan fingerprint density at radius 2 is 1.41 bits per heavy atom. The van der Waals surface area contributed by atoms with Crippen molar-refractivity contribution < 1.29 is 43.6 Å². The molecule has 7 nitrogen and oxygen atoms in total. The summed E-state index contributed by atoms with van der Waals surface area (Å²) in [4.78, 5) is 11.6. The highest BCUT2D eigenvalue weighted by Gasteiger charge is 2.42. The van der Waals surface area contributed by atoms with E-state index in [0.29, 0.717) is 12.1 Å². The number of carbonyl (C=O) groups is 1. The number of hydrogen-bond acceptors (Lipinski definition) is 5. The number of benzene rings is 3. The van der Waals surface area contributed by atoms with Gasteiger partial charge in [-0.2, -0.15) is 13.2 Å². The first kappa shape index (κ1) is 28.6. The van der Waals surface area contributed by atoms with Crippen LogP contribution in [0.25, 0.3) is 0 Å². The molecule has 0 aliphatic carbocycles. The summed E-state index contributed by atoms with van der Waals surface area (Å²) in [5.41, 5.74) is -2.45. The van der Waals surface area contributed by atoms with Gasteiger partial charge in [-0.05, 0) is 60.7 Å². The number of sulfonamides is 1. The highest BCUT2D eigenvalue weighted by Crippen LogP contribution is 2.44. The second-order valence-electron chi connectivity index (χ2n) is 8.97. The van der Waals surface area contributed by atoms with E-state index in [4.69, 9.17) is 5.14 Å². The molecule has 0 unspecified atom stereocenters. The van der Waals surface area contributed by atoms with E-state index >= 15 is 0 Å². The Morgan fingerprint density at radius 1 is 0.846 bits per heavy atom. The molecule has 2 N–H and O–H groups in total. The molecule has 39 heavy (non-hydrogen) atoms. The fourth-order valence-corrected chi connectivity index (χ4v) is 6.83. The first-order chi connectivity index (χ1) is 18.1. The van der Waals surface area contributed by atoms with Crippen molar-refractivity contribution in [3.8, 4) is 0 Å². The van der Waals surface area contributed by atoms with Crippen molar-refractivity contribution in [1.29, 1.82) is 0 Å². The number of nitrogens with two attached hydrogens (primary N) is 1. The van der Waals surface area contributed by atoms with E-state index in [2.05, 4.69) is 0 Å². The molecular weight excluding hydrogens is 567 g/mol. The Bertz CT molecular complexity index is 1610. The lowest BCUT2D eigenvalue weighted by atomic mass is 9.86. The second kappa shape index (κ2) is 10.3. The van der Waals surface area contributed by atoms with Crippen molar-refractivity contribution in [3.05, 3.63) is 89.0 Å². The predicted octanol–water partition coefficient (Wildman–Crippen LogP) is 4.48. The molecule has 208 valence electrons. The number of piperidine rings is 1. The molecule has 1 heterocycles. The van der Waals surface area contributed by atoms with Gasteiger partial charge in [0.05, 0.1) is 20.2 Å². The van der Waals surface area contributed by atoms with Gasteiger partial charge in [0.15, 0.2) is 0 Å². The van der Waals surface area contributed by atoms with Crippen LogP contribution in [0.4, 0.5) is 22.0 Å². The van der Waals surface area contributed by atoms with E-state index in [1.54, 1.807) is 0 Å². The van der Waals surface area contributed by atoms with Gasteiger partial charge in [0, 0.05) is 24.7 Å². The largest absolute Gasteiger partial charge is 0.417 e. The van der Waals surface area contributed by atoms with Gasteiger partial charge in [-0.15, -0.1) is 0 Å². The summed E-state index contributed by atoms with van der Waals surface area (Å²) in [7, 11) is -9.47. The van der Waals surface area contributed by atoms with Gasteiger partial charge in [0.2, 0.25) is 19.9 Å². The van der Waals surface area contributed by atoms with E-state index < -0.39 is 70.4 Å². The summed E-state index contributed by atoms with van der Waals surface area (Å²) in [6.07, 6.45) is -5.45. The Hall–Kier alpha value is -3.36. The van der Waals surface area contributed by atoms with Crippen LogP contribution < -0.4 is 5.14 Å². The molecule has 14 heteroatoms. The number of carbonyl (C=O) groups excluding carboxylic acids is 1. The third-order valence-corrected chi connectivity index (χ3v) is 9.08. The van der Waals surface area contributed by atoms with Gasteiger partial charge in [0.1, 0.15) is 11.6 Å². The molecule has 0 saturated carbocycles. The zero-order valence-corrected chi connectivity index (χ0v) is 21.6. The lowest BCUT2D eigenvalue weighted by Gasteiger charge is -2.34. The molecule has 3 aromatic rings. The number of nitrogens with zero attached hydrogens (tertiary/aromatic N) is 1. The van der Waals surface area contributed by atoms with E-state index in [1.165, 1.54) is 35.2 Å². The quantitative estimate of drug-likeness (QED) is 0.442. The van der Waals surface area contributed by atoms with Crippen LogP contribution in [0.5, 0.6) is 0 Å². The molecule has 1 saturated heterocycles. The lowest BCUT2D eigenvalue weighted by Crippen LogP contribution is -2.38. The number of likely N-dealkylation sites (tertiary alicyclic amines) is 1. The first-order valence-electron chi connectivity index (χ1n) is 11.4. The van der Waals surface area contributed by atoms with Crippen LogP contribution in [0.15, 0.2) is 75.4 Å². The van der Waals surface area contributed by atoms with Gasteiger partial charge in [-0.25, -0.2) is 30.8 Å². The number of primary sulfonamides is 1. The zero-order valence-electron chi connectivity index (χ0n) is 20.0.